The SMILES string of the molecule is O=C(NC1CCN(C(=O)O)CC1)c1cnc(OC2CCN(c3ccc(C(F)(F)F)cc3)CC2)cn1. The number of aromatic nitrogens is 2. The van der Waals surface area contributed by atoms with Gasteiger partial charge in [-0.15, -0.1) is 0 Å². The lowest BCUT2D eigenvalue weighted by molar-refractivity contribution is -0.137. The van der Waals surface area contributed by atoms with Crippen LogP contribution in [0.15, 0.2) is 36.7 Å². The quantitative estimate of drug-likeness (QED) is 0.657. The Morgan fingerprint density at radius 3 is 2.17 bits per heavy atom. The fourth-order valence-corrected chi connectivity index (χ4v) is 4.23. The number of nitrogens with zero attached hydrogens (tertiary/aromatic N) is 4. The second kappa shape index (κ2) is 10.4. The van der Waals surface area contributed by atoms with Crippen molar-refractivity contribution < 1.29 is 32.6 Å². The number of piperidine rings is 2. The number of alkyl halides is 3. The molecule has 188 valence electrons. The number of anilines is 1. The lowest BCUT2D eigenvalue weighted by Crippen LogP contribution is -2.46. The maximum Gasteiger partial charge on any atom is 0.416 e. The van der Waals surface area contributed by atoms with E-state index in [-0.39, 0.29) is 23.7 Å². The standard InChI is InChI=1S/C23H26F3N5O4/c24-23(25,26)15-1-3-17(4-2-15)30-11-7-18(8-12-30)35-20-14-27-19(13-28-20)21(32)29-16-5-9-31(10-6-16)22(33)34/h1-4,13-14,16,18H,5-12H2,(H,29,32)(H,33,34). The Hall–Kier alpha value is -3.57. The summed E-state index contributed by atoms with van der Waals surface area (Å²) < 4.78 is 44.1. The number of hydrogen-bond acceptors (Lipinski definition) is 6. The second-order valence-corrected chi connectivity index (χ2v) is 8.61. The first-order valence-electron chi connectivity index (χ1n) is 11.4. The molecule has 3 heterocycles. The van der Waals surface area contributed by atoms with Gasteiger partial charge in [0, 0.05) is 50.7 Å². The highest BCUT2D eigenvalue weighted by Crippen LogP contribution is 2.31. The van der Waals surface area contributed by atoms with Gasteiger partial charge in [-0.05, 0) is 37.1 Å². The third-order valence-electron chi connectivity index (χ3n) is 6.25. The van der Waals surface area contributed by atoms with Crippen LogP contribution in [0.3, 0.4) is 0 Å². The molecule has 0 unspecified atom stereocenters. The van der Waals surface area contributed by atoms with Crippen molar-refractivity contribution in [3.05, 3.63) is 47.9 Å². The Kier molecular flexibility index (Phi) is 7.27. The van der Waals surface area contributed by atoms with Gasteiger partial charge in [0.1, 0.15) is 11.8 Å². The van der Waals surface area contributed by atoms with Crippen LogP contribution in [-0.4, -0.2) is 70.3 Å². The summed E-state index contributed by atoms with van der Waals surface area (Å²) in [5.41, 5.74) is 0.217. The minimum absolute atomic E-state index is 0.117. The summed E-state index contributed by atoms with van der Waals surface area (Å²) in [4.78, 5) is 35.1. The maximum absolute atomic E-state index is 12.7. The Morgan fingerprint density at radius 2 is 1.63 bits per heavy atom. The number of carbonyl (C=O) groups excluding carboxylic acids is 1. The first kappa shape index (κ1) is 24.6. The number of rotatable bonds is 5. The van der Waals surface area contributed by atoms with Crippen LogP contribution in [0.4, 0.5) is 23.7 Å². The van der Waals surface area contributed by atoms with Crippen LogP contribution in [-0.2, 0) is 6.18 Å². The molecule has 2 aromatic rings. The van der Waals surface area contributed by atoms with Crippen LogP contribution in [0, 0.1) is 0 Å². The van der Waals surface area contributed by atoms with Crippen molar-refractivity contribution in [2.45, 2.75) is 44.0 Å². The van der Waals surface area contributed by atoms with Crippen LogP contribution in [0.2, 0.25) is 0 Å². The minimum atomic E-state index is -4.35. The fraction of sp³-hybridized carbons (Fsp3) is 0.478. The minimum Gasteiger partial charge on any atom is -0.473 e. The zero-order valence-corrected chi connectivity index (χ0v) is 18.9. The highest BCUT2D eigenvalue weighted by molar-refractivity contribution is 5.92. The average Bonchev–Trinajstić information content (AvgIpc) is 2.85. The highest BCUT2D eigenvalue weighted by atomic mass is 19.4. The van der Waals surface area contributed by atoms with Gasteiger partial charge in [-0.2, -0.15) is 13.2 Å². The Balaban J connectivity index is 1.23. The van der Waals surface area contributed by atoms with Crippen molar-refractivity contribution in [2.75, 3.05) is 31.1 Å². The highest BCUT2D eigenvalue weighted by Gasteiger charge is 2.30. The molecule has 0 saturated carbocycles. The fourth-order valence-electron chi connectivity index (χ4n) is 4.23. The van der Waals surface area contributed by atoms with Crippen molar-refractivity contribution >= 4 is 17.7 Å². The molecule has 2 aliphatic rings. The van der Waals surface area contributed by atoms with E-state index in [9.17, 15) is 22.8 Å². The van der Waals surface area contributed by atoms with Gasteiger partial charge in [-0.25, -0.2) is 14.8 Å². The summed E-state index contributed by atoms with van der Waals surface area (Å²) in [6, 6.07) is 5.02. The van der Waals surface area contributed by atoms with E-state index in [1.54, 1.807) is 0 Å². The predicted molar refractivity (Wildman–Crippen MR) is 119 cm³/mol. The molecule has 0 bridgehead atoms. The van der Waals surface area contributed by atoms with Gasteiger partial charge in [0.15, 0.2) is 0 Å². The molecular formula is C23H26F3N5O4. The maximum atomic E-state index is 12.7. The molecule has 0 spiro atoms. The molecule has 0 radical (unpaired) electrons. The van der Waals surface area contributed by atoms with Crippen molar-refractivity contribution in [1.82, 2.24) is 20.2 Å². The number of halogens is 3. The smallest absolute Gasteiger partial charge is 0.416 e. The summed E-state index contributed by atoms with van der Waals surface area (Å²) in [6.45, 7) is 2.00. The third kappa shape index (κ3) is 6.31. The molecule has 2 saturated heterocycles. The molecule has 2 N–H and O–H groups in total. The molecule has 0 atom stereocenters. The monoisotopic (exact) mass is 493 g/mol. The number of carbonyl (C=O) groups is 2. The molecule has 12 heteroatoms. The van der Waals surface area contributed by atoms with Crippen LogP contribution < -0.4 is 15.0 Å². The molecule has 2 fully saturated rings. The van der Waals surface area contributed by atoms with Gasteiger partial charge >= 0.3 is 12.3 Å². The van der Waals surface area contributed by atoms with Crippen molar-refractivity contribution in [3.63, 3.8) is 0 Å². The van der Waals surface area contributed by atoms with Gasteiger partial charge in [-0.3, -0.25) is 4.79 Å². The first-order chi connectivity index (χ1) is 16.7. The van der Waals surface area contributed by atoms with Crippen LogP contribution in [0.5, 0.6) is 5.88 Å². The number of ether oxygens (including phenoxy) is 1. The van der Waals surface area contributed by atoms with E-state index in [2.05, 4.69) is 15.3 Å². The zero-order valence-electron chi connectivity index (χ0n) is 18.9. The Labute approximate surface area is 199 Å². The Bertz CT molecular complexity index is 1020. The van der Waals surface area contributed by atoms with Crippen LogP contribution >= 0.6 is 0 Å². The molecule has 2 aliphatic heterocycles. The molecule has 4 rings (SSSR count). The van der Waals surface area contributed by atoms with E-state index in [1.807, 2.05) is 4.90 Å². The topological polar surface area (TPSA) is 108 Å². The number of hydrogen-bond donors (Lipinski definition) is 2. The van der Waals surface area contributed by atoms with Crippen LogP contribution in [0.25, 0.3) is 0 Å². The second-order valence-electron chi connectivity index (χ2n) is 8.61. The van der Waals surface area contributed by atoms with Crippen LogP contribution in [0.1, 0.15) is 41.7 Å². The number of nitrogens with one attached hydrogen (secondary N) is 1. The summed E-state index contributed by atoms with van der Waals surface area (Å²) >= 11 is 0. The summed E-state index contributed by atoms with van der Waals surface area (Å²) in [5.74, 6) is -0.0769. The van der Waals surface area contributed by atoms with Crippen molar-refractivity contribution in [1.29, 1.82) is 0 Å². The predicted octanol–water partition coefficient (Wildman–Crippen LogP) is 3.42. The lowest BCUT2D eigenvalue weighted by atomic mass is 10.1. The number of likely N-dealkylation sites (tertiary alicyclic amines) is 1. The molecule has 1 aromatic carbocycles. The number of benzene rings is 1. The average molecular weight is 493 g/mol. The molecular weight excluding hydrogens is 467 g/mol. The molecule has 1 aromatic heterocycles. The van der Waals surface area contributed by atoms with Crippen molar-refractivity contribution in [3.8, 4) is 5.88 Å². The summed E-state index contributed by atoms with van der Waals surface area (Å²) in [7, 11) is 0. The van der Waals surface area contributed by atoms with Gasteiger partial charge in [0.25, 0.3) is 5.91 Å². The van der Waals surface area contributed by atoms with E-state index in [0.29, 0.717) is 57.7 Å². The molecule has 35 heavy (non-hydrogen) atoms. The van der Waals surface area contributed by atoms with Gasteiger partial charge < -0.3 is 25.0 Å². The summed E-state index contributed by atoms with van der Waals surface area (Å²) in [6.07, 6.45) is -0.277. The number of carboxylic acid groups (broad SMARTS) is 1. The first-order valence-corrected chi connectivity index (χ1v) is 11.4. The molecule has 2 amide bonds. The summed E-state index contributed by atoms with van der Waals surface area (Å²) in [5, 5.41) is 11.9. The normalized spacial score (nSPS) is 17.8. The largest absolute Gasteiger partial charge is 0.473 e. The van der Waals surface area contributed by atoms with E-state index >= 15 is 0 Å². The van der Waals surface area contributed by atoms with Gasteiger partial charge in [0.2, 0.25) is 5.88 Å². The van der Waals surface area contributed by atoms with Gasteiger partial charge in [-0.1, -0.05) is 0 Å². The Morgan fingerprint density at radius 1 is 0.971 bits per heavy atom. The van der Waals surface area contributed by atoms with Gasteiger partial charge in [0.05, 0.1) is 18.0 Å². The van der Waals surface area contributed by atoms with E-state index in [0.717, 1.165) is 17.8 Å². The third-order valence-corrected chi connectivity index (χ3v) is 6.25. The van der Waals surface area contributed by atoms with E-state index < -0.39 is 17.8 Å². The van der Waals surface area contributed by atoms with E-state index in [1.165, 1.54) is 29.4 Å². The van der Waals surface area contributed by atoms with E-state index in [4.69, 9.17) is 9.84 Å². The lowest BCUT2D eigenvalue weighted by Gasteiger charge is -2.33. The molecule has 0 aliphatic carbocycles. The zero-order chi connectivity index (χ0) is 25.0. The number of amides is 2. The van der Waals surface area contributed by atoms with Crippen molar-refractivity contribution in [2.24, 2.45) is 0 Å². The molecule has 9 nitrogen and oxygen atoms in total.